The number of rotatable bonds is 6. The summed E-state index contributed by atoms with van der Waals surface area (Å²) in [4.78, 5) is 10.5. The molecule has 0 radical (unpaired) electrons. The zero-order valence-corrected chi connectivity index (χ0v) is 7.65. The highest BCUT2D eigenvalue weighted by molar-refractivity contribution is 5.61. The SMILES string of the molecule is CCOCCOCC1COC(=O)O1. The first kappa shape index (κ1) is 10.3. The minimum atomic E-state index is -0.613. The predicted octanol–water partition coefficient (Wildman–Crippen LogP) is 0.575. The van der Waals surface area contributed by atoms with Gasteiger partial charge >= 0.3 is 6.16 Å². The van der Waals surface area contributed by atoms with Crippen molar-refractivity contribution >= 4 is 6.16 Å². The molecule has 76 valence electrons. The fourth-order valence-corrected chi connectivity index (χ4v) is 0.924. The molecular formula is C8H14O5. The van der Waals surface area contributed by atoms with Gasteiger partial charge < -0.3 is 18.9 Å². The molecule has 0 aliphatic carbocycles. The summed E-state index contributed by atoms with van der Waals surface area (Å²) in [5, 5.41) is 0. The second kappa shape index (κ2) is 5.77. The van der Waals surface area contributed by atoms with Crippen LogP contribution in [-0.2, 0) is 18.9 Å². The van der Waals surface area contributed by atoms with Crippen LogP contribution in [0.1, 0.15) is 6.92 Å². The van der Waals surface area contributed by atoms with Crippen LogP contribution in [0.2, 0.25) is 0 Å². The van der Waals surface area contributed by atoms with Crippen molar-refractivity contribution in [2.24, 2.45) is 0 Å². The van der Waals surface area contributed by atoms with Crippen molar-refractivity contribution in [1.29, 1.82) is 0 Å². The Bertz CT molecular complexity index is 159. The third-order valence-corrected chi connectivity index (χ3v) is 1.53. The maximum Gasteiger partial charge on any atom is 0.508 e. The molecule has 5 nitrogen and oxygen atoms in total. The molecule has 1 saturated heterocycles. The molecule has 0 bridgehead atoms. The number of hydrogen-bond acceptors (Lipinski definition) is 5. The van der Waals surface area contributed by atoms with Gasteiger partial charge in [0.2, 0.25) is 0 Å². The van der Waals surface area contributed by atoms with Crippen molar-refractivity contribution in [3.63, 3.8) is 0 Å². The molecule has 0 spiro atoms. The Morgan fingerprint density at radius 1 is 1.46 bits per heavy atom. The first-order valence-electron chi connectivity index (χ1n) is 4.32. The van der Waals surface area contributed by atoms with Crippen LogP contribution in [0.3, 0.4) is 0 Å². The van der Waals surface area contributed by atoms with Gasteiger partial charge in [-0.3, -0.25) is 0 Å². The average molecular weight is 190 g/mol. The average Bonchev–Trinajstić information content (AvgIpc) is 2.51. The first-order chi connectivity index (χ1) is 6.33. The molecule has 1 atom stereocenters. The van der Waals surface area contributed by atoms with E-state index in [-0.39, 0.29) is 12.7 Å². The van der Waals surface area contributed by atoms with E-state index < -0.39 is 6.16 Å². The number of cyclic esters (lactones) is 2. The number of carbonyl (C=O) groups is 1. The van der Waals surface area contributed by atoms with Gasteiger partial charge in [-0.1, -0.05) is 0 Å². The highest BCUT2D eigenvalue weighted by Gasteiger charge is 2.24. The largest absolute Gasteiger partial charge is 0.508 e. The lowest BCUT2D eigenvalue weighted by atomic mass is 10.4. The zero-order chi connectivity index (χ0) is 9.52. The molecule has 0 aromatic carbocycles. The highest BCUT2D eigenvalue weighted by atomic mass is 16.8. The summed E-state index contributed by atoms with van der Waals surface area (Å²) in [5.74, 6) is 0. The van der Waals surface area contributed by atoms with E-state index in [9.17, 15) is 4.79 Å². The smallest absolute Gasteiger partial charge is 0.430 e. The molecule has 0 aromatic rings. The number of carbonyl (C=O) groups excluding carboxylic acids is 1. The van der Waals surface area contributed by atoms with Gasteiger partial charge in [-0.25, -0.2) is 4.79 Å². The molecule has 5 heteroatoms. The maximum absolute atomic E-state index is 10.5. The lowest BCUT2D eigenvalue weighted by molar-refractivity contribution is 0.0135. The molecule has 1 rings (SSSR count). The standard InChI is InChI=1S/C8H14O5/c1-2-10-3-4-11-5-7-6-12-8(9)13-7/h7H,2-6H2,1H3. The normalized spacial score (nSPS) is 21.3. The second-order valence-corrected chi connectivity index (χ2v) is 2.57. The van der Waals surface area contributed by atoms with Crippen molar-refractivity contribution in [3.05, 3.63) is 0 Å². The van der Waals surface area contributed by atoms with Gasteiger partial charge in [0.25, 0.3) is 0 Å². The van der Waals surface area contributed by atoms with Crippen LogP contribution >= 0.6 is 0 Å². The van der Waals surface area contributed by atoms with Crippen LogP contribution < -0.4 is 0 Å². The lowest BCUT2D eigenvalue weighted by Crippen LogP contribution is -2.19. The molecule has 1 heterocycles. The Morgan fingerprint density at radius 2 is 2.23 bits per heavy atom. The molecule has 1 fully saturated rings. The minimum Gasteiger partial charge on any atom is -0.430 e. The van der Waals surface area contributed by atoms with Crippen molar-refractivity contribution < 1.29 is 23.7 Å². The van der Waals surface area contributed by atoms with Crippen LogP contribution in [0.4, 0.5) is 4.79 Å². The van der Waals surface area contributed by atoms with Gasteiger partial charge in [0, 0.05) is 6.61 Å². The van der Waals surface area contributed by atoms with E-state index in [2.05, 4.69) is 4.74 Å². The topological polar surface area (TPSA) is 54.0 Å². The van der Waals surface area contributed by atoms with E-state index >= 15 is 0 Å². The van der Waals surface area contributed by atoms with E-state index in [1.807, 2.05) is 6.92 Å². The Kier molecular flexibility index (Phi) is 4.56. The quantitative estimate of drug-likeness (QED) is 0.453. The van der Waals surface area contributed by atoms with Gasteiger partial charge in [0.05, 0.1) is 19.8 Å². The number of ether oxygens (including phenoxy) is 4. The van der Waals surface area contributed by atoms with E-state index in [1.165, 1.54) is 0 Å². The second-order valence-electron chi connectivity index (χ2n) is 2.57. The van der Waals surface area contributed by atoms with Crippen LogP contribution in [-0.4, -0.2) is 45.3 Å². The van der Waals surface area contributed by atoms with Gasteiger partial charge in [-0.2, -0.15) is 0 Å². The Balaban J connectivity index is 1.91. The Hall–Kier alpha value is -0.810. The first-order valence-corrected chi connectivity index (χ1v) is 4.32. The van der Waals surface area contributed by atoms with E-state index in [1.54, 1.807) is 0 Å². The lowest BCUT2D eigenvalue weighted by Gasteiger charge is -2.07. The van der Waals surface area contributed by atoms with Crippen LogP contribution in [0, 0.1) is 0 Å². The fraction of sp³-hybridized carbons (Fsp3) is 0.875. The van der Waals surface area contributed by atoms with E-state index in [0.717, 1.165) is 0 Å². The summed E-state index contributed by atoms with van der Waals surface area (Å²) < 4.78 is 19.6. The third kappa shape index (κ3) is 4.10. The highest BCUT2D eigenvalue weighted by Crippen LogP contribution is 2.05. The van der Waals surface area contributed by atoms with Crippen molar-refractivity contribution in [3.8, 4) is 0 Å². The van der Waals surface area contributed by atoms with Crippen molar-refractivity contribution in [2.75, 3.05) is 33.0 Å². The van der Waals surface area contributed by atoms with Crippen LogP contribution in [0.5, 0.6) is 0 Å². The van der Waals surface area contributed by atoms with Crippen molar-refractivity contribution in [2.45, 2.75) is 13.0 Å². The fourth-order valence-electron chi connectivity index (χ4n) is 0.924. The summed E-state index contributed by atoms with van der Waals surface area (Å²) in [5.41, 5.74) is 0. The third-order valence-electron chi connectivity index (χ3n) is 1.53. The summed E-state index contributed by atoms with van der Waals surface area (Å²) >= 11 is 0. The molecular weight excluding hydrogens is 176 g/mol. The van der Waals surface area contributed by atoms with Crippen LogP contribution in [0.25, 0.3) is 0 Å². The predicted molar refractivity (Wildman–Crippen MR) is 43.5 cm³/mol. The molecule has 0 aromatic heterocycles. The molecule has 0 amide bonds. The summed E-state index contributed by atoms with van der Waals surface area (Å²) in [6.07, 6.45) is -0.868. The van der Waals surface area contributed by atoms with Crippen molar-refractivity contribution in [1.82, 2.24) is 0 Å². The van der Waals surface area contributed by atoms with Crippen LogP contribution in [0.15, 0.2) is 0 Å². The molecule has 13 heavy (non-hydrogen) atoms. The zero-order valence-electron chi connectivity index (χ0n) is 7.65. The van der Waals surface area contributed by atoms with Gasteiger partial charge in [0.1, 0.15) is 6.61 Å². The summed E-state index contributed by atoms with van der Waals surface area (Å²) in [7, 11) is 0. The summed E-state index contributed by atoms with van der Waals surface area (Å²) in [6.45, 7) is 4.35. The van der Waals surface area contributed by atoms with Gasteiger partial charge in [-0.15, -0.1) is 0 Å². The monoisotopic (exact) mass is 190 g/mol. The minimum absolute atomic E-state index is 0.255. The number of hydrogen-bond donors (Lipinski definition) is 0. The summed E-state index contributed by atoms with van der Waals surface area (Å²) in [6, 6.07) is 0. The van der Waals surface area contributed by atoms with Gasteiger partial charge in [-0.05, 0) is 6.92 Å². The maximum atomic E-state index is 10.5. The van der Waals surface area contributed by atoms with E-state index in [0.29, 0.717) is 26.4 Å². The molecule has 0 saturated carbocycles. The molecule has 1 aliphatic heterocycles. The molecule has 1 aliphatic rings. The Morgan fingerprint density at radius 3 is 2.85 bits per heavy atom. The molecule has 0 N–H and O–H groups in total. The van der Waals surface area contributed by atoms with Gasteiger partial charge in [0.15, 0.2) is 6.10 Å². The van der Waals surface area contributed by atoms with E-state index in [4.69, 9.17) is 14.2 Å². The molecule has 1 unspecified atom stereocenters. The Labute approximate surface area is 76.9 Å².